The Morgan fingerprint density at radius 3 is 2.95 bits per heavy atom. The number of rotatable bonds is 3. The molecule has 2 aromatic rings. The van der Waals surface area contributed by atoms with Crippen LogP contribution < -0.4 is 10.9 Å². The minimum atomic E-state index is -0.120. The Morgan fingerprint density at radius 2 is 2.19 bits per heavy atom. The summed E-state index contributed by atoms with van der Waals surface area (Å²) in [5.74, 6) is 1.62. The number of fused-ring (bicyclic) bond motifs is 1. The summed E-state index contributed by atoms with van der Waals surface area (Å²) >= 11 is 1.45. The number of hydrogen-bond donors (Lipinski definition) is 1. The first-order valence-corrected chi connectivity index (χ1v) is 8.56. The van der Waals surface area contributed by atoms with Crippen molar-refractivity contribution in [3.05, 3.63) is 22.6 Å². The van der Waals surface area contributed by atoms with Crippen LogP contribution in [0, 0.1) is 11.8 Å². The van der Waals surface area contributed by atoms with E-state index in [0.29, 0.717) is 11.0 Å². The molecular weight excluding hydrogens is 284 g/mol. The third kappa shape index (κ3) is 3.26. The van der Waals surface area contributed by atoms with E-state index in [1.165, 1.54) is 54.0 Å². The average Bonchev–Trinajstić information content (AvgIpc) is 2.71. The molecule has 5 nitrogen and oxygen atoms in total. The van der Waals surface area contributed by atoms with Crippen LogP contribution in [0.25, 0.3) is 4.96 Å². The first-order chi connectivity index (χ1) is 10.1. The fourth-order valence-corrected chi connectivity index (χ4v) is 3.97. The quantitative estimate of drug-likeness (QED) is 0.885. The summed E-state index contributed by atoms with van der Waals surface area (Å²) in [6.07, 6.45) is 7.78. The minimum absolute atomic E-state index is 0.120. The molecule has 0 saturated heterocycles. The molecule has 3 rings (SSSR count). The van der Waals surface area contributed by atoms with E-state index in [1.807, 2.05) is 0 Å². The van der Waals surface area contributed by atoms with E-state index in [4.69, 9.17) is 0 Å². The number of nitrogens with one attached hydrogen (secondary N) is 1. The van der Waals surface area contributed by atoms with Gasteiger partial charge in [0.2, 0.25) is 10.1 Å². The number of nitrogens with zero attached hydrogens (tertiary/aromatic N) is 3. The highest BCUT2D eigenvalue weighted by molar-refractivity contribution is 7.20. The van der Waals surface area contributed by atoms with E-state index < -0.39 is 0 Å². The number of anilines is 1. The normalized spacial score (nSPS) is 23.4. The van der Waals surface area contributed by atoms with Gasteiger partial charge < -0.3 is 5.32 Å². The highest BCUT2D eigenvalue weighted by atomic mass is 32.1. The first kappa shape index (κ1) is 14.5. The van der Waals surface area contributed by atoms with Gasteiger partial charge in [-0.25, -0.2) is 4.98 Å². The van der Waals surface area contributed by atoms with Crippen LogP contribution in [-0.2, 0) is 0 Å². The molecule has 0 spiro atoms. The molecule has 0 aliphatic heterocycles. The van der Waals surface area contributed by atoms with Crippen molar-refractivity contribution >= 4 is 21.4 Å². The molecule has 0 aromatic carbocycles. The third-order valence-electron chi connectivity index (χ3n) is 4.45. The molecular formula is C15H22N4OS. The van der Waals surface area contributed by atoms with Gasteiger partial charge in [0, 0.05) is 18.3 Å². The van der Waals surface area contributed by atoms with Crippen LogP contribution in [0.4, 0.5) is 5.13 Å². The van der Waals surface area contributed by atoms with Crippen molar-refractivity contribution in [1.82, 2.24) is 14.6 Å². The van der Waals surface area contributed by atoms with Crippen LogP contribution in [0.5, 0.6) is 0 Å². The summed E-state index contributed by atoms with van der Waals surface area (Å²) in [5, 5.41) is 8.65. The van der Waals surface area contributed by atoms with Gasteiger partial charge in [0.25, 0.3) is 5.56 Å². The van der Waals surface area contributed by atoms with Crippen LogP contribution in [0.2, 0.25) is 0 Å². The smallest absolute Gasteiger partial charge is 0.275 e. The van der Waals surface area contributed by atoms with Crippen LogP contribution in [0.3, 0.4) is 0 Å². The summed E-state index contributed by atoms with van der Waals surface area (Å²) in [7, 11) is 0. The molecule has 2 aromatic heterocycles. The number of hydrogen-bond acceptors (Lipinski definition) is 5. The van der Waals surface area contributed by atoms with Crippen molar-refractivity contribution in [1.29, 1.82) is 0 Å². The highest BCUT2D eigenvalue weighted by Gasteiger charge is 2.21. The molecule has 1 saturated carbocycles. The molecule has 114 valence electrons. The summed E-state index contributed by atoms with van der Waals surface area (Å²) in [4.78, 5) is 16.5. The maximum Gasteiger partial charge on any atom is 0.275 e. The molecule has 2 heterocycles. The van der Waals surface area contributed by atoms with Gasteiger partial charge in [0.05, 0.1) is 0 Å². The SMILES string of the molecule is CC(C)C1CCCC(Nc2nn3c(=O)ccnc3s2)CC1. The van der Waals surface area contributed by atoms with E-state index in [9.17, 15) is 4.79 Å². The zero-order valence-electron chi connectivity index (χ0n) is 12.6. The fraction of sp³-hybridized carbons (Fsp3) is 0.667. The van der Waals surface area contributed by atoms with Gasteiger partial charge in [-0.2, -0.15) is 4.52 Å². The third-order valence-corrected chi connectivity index (χ3v) is 5.31. The molecule has 0 bridgehead atoms. The molecule has 1 aliphatic carbocycles. The van der Waals surface area contributed by atoms with Gasteiger partial charge in [-0.3, -0.25) is 4.79 Å². The lowest BCUT2D eigenvalue weighted by Crippen LogP contribution is -2.19. The summed E-state index contributed by atoms with van der Waals surface area (Å²) in [6.45, 7) is 4.65. The summed E-state index contributed by atoms with van der Waals surface area (Å²) in [6, 6.07) is 1.90. The van der Waals surface area contributed by atoms with Gasteiger partial charge in [-0.15, -0.1) is 5.10 Å². The molecule has 0 amide bonds. The largest absolute Gasteiger partial charge is 0.357 e. The highest BCUT2D eigenvalue weighted by Crippen LogP contribution is 2.30. The second kappa shape index (κ2) is 6.13. The van der Waals surface area contributed by atoms with Gasteiger partial charge in [0.1, 0.15) is 0 Å². The Morgan fingerprint density at radius 1 is 1.33 bits per heavy atom. The van der Waals surface area contributed by atoms with Crippen molar-refractivity contribution in [2.75, 3.05) is 5.32 Å². The van der Waals surface area contributed by atoms with Crippen LogP contribution in [-0.4, -0.2) is 20.6 Å². The Hall–Kier alpha value is -1.43. The Kier molecular flexibility index (Phi) is 4.24. The van der Waals surface area contributed by atoms with Gasteiger partial charge >= 0.3 is 0 Å². The molecule has 2 atom stereocenters. The molecule has 1 N–H and O–H groups in total. The van der Waals surface area contributed by atoms with Gasteiger partial charge in [0.15, 0.2) is 0 Å². The van der Waals surface area contributed by atoms with Crippen molar-refractivity contribution in [2.45, 2.75) is 52.0 Å². The Bertz CT molecular complexity index is 663. The molecule has 21 heavy (non-hydrogen) atoms. The Labute approximate surface area is 128 Å². The van der Waals surface area contributed by atoms with E-state index in [1.54, 1.807) is 6.20 Å². The average molecular weight is 306 g/mol. The monoisotopic (exact) mass is 306 g/mol. The maximum absolute atomic E-state index is 11.7. The topological polar surface area (TPSA) is 59.3 Å². The molecule has 1 fully saturated rings. The molecule has 1 aliphatic rings. The second-order valence-electron chi connectivity index (χ2n) is 6.24. The predicted octanol–water partition coefficient (Wildman–Crippen LogP) is 3.17. The number of aromatic nitrogens is 3. The summed E-state index contributed by atoms with van der Waals surface area (Å²) in [5.41, 5.74) is -0.120. The van der Waals surface area contributed by atoms with Crippen LogP contribution >= 0.6 is 11.3 Å². The van der Waals surface area contributed by atoms with Crippen molar-refractivity contribution < 1.29 is 0 Å². The lowest BCUT2D eigenvalue weighted by molar-refractivity contribution is 0.341. The zero-order chi connectivity index (χ0) is 14.8. The molecule has 6 heteroatoms. The molecule has 2 unspecified atom stereocenters. The molecule has 0 radical (unpaired) electrons. The minimum Gasteiger partial charge on any atom is -0.357 e. The van der Waals surface area contributed by atoms with E-state index in [-0.39, 0.29) is 5.56 Å². The van der Waals surface area contributed by atoms with E-state index >= 15 is 0 Å². The summed E-state index contributed by atoms with van der Waals surface area (Å²) < 4.78 is 1.38. The zero-order valence-corrected chi connectivity index (χ0v) is 13.4. The fourth-order valence-electron chi connectivity index (χ4n) is 3.12. The first-order valence-electron chi connectivity index (χ1n) is 7.75. The second-order valence-corrected chi connectivity index (χ2v) is 7.19. The van der Waals surface area contributed by atoms with Crippen LogP contribution in [0.15, 0.2) is 17.1 Å². The lowest BCUT2D eigenvalue weighted by atomic mass is 9.89. The van der Waals surface area contributed by atoms with Gasteiger partial charge in [-0.05, 0) is 31.1 Å². The van der Waals surface area contributed by atoms with Crippen molar-refractivity contribution in [3.63, 3.8) is 0 Å². The van der Waals surface area contributed by atoms with Crippen molar-refractivity contribution in [3.8, 4) is 0 Å². The van der Waals surface area contributed by atoms with Crippen molar-refractivity contribution in [2.24, 2.45) is 11.8 Å². The lowest BCUT2D eigenvalue weighted by Gasteiger charge is -2.18. The van der Waals surface area contributed by atoms with E-state index in [0.717, 1.165) is 17.0 Å². The van der Waals surface area contributed by atoms with Crippen LogP contribution in [0.1, 0.15) is 46.0 Å². The standard InChI is InChI=1S/C15H22N4OS/c1-10(2)11-4-3-5-12(7-6-11)17-14-18-19-13(20)8-9-16-15(19)21-14/h8-12H,3-7H2,1-2H3,(H,17,18). The maximum atomic E-state index is 11.7. The Balaban J connectivity index is 1.70. The van der Waals surface area contributed by atoms with Gasteiger partial charge in [-0.1, -0.05) is 38.0 Å². The van der Waals surface area contributed by atoms with E-state index in [2.05, 4.69) is 29.2 Å². The predicted molar refractivity (Wildman–Crippen MR) is 86.0 cm³/mol.